The molecule has 0 aromatic rings. The summed E-state index contributed by atoms with van der Waals surface area (Å²) < 4.78 is 6.09. The minimum atomic E-state index is -0.130. The topological polar surface area (TPSA) is 98.7 Å². The molecule has 4 aliphatic carbocycles. The van der Waals surface area contributed by atoms with Crippen molar-refractivity contribution in [2.45, 2.75) is 176 Å². The highest BCUT2D eigenvalue weighted by Gasteiger charge is 2.59. The summed E-state index contributed by atoms with van der Waals surface area (Å²) in [6.45, 7) is 15.4. The van der Waals surface area contributed by atoms with E-state index in [4.69, 9.17) is 16.2 Å². The quantitative estimate of drug-likeness (QED) is 0.0690. The third-order valence-electron chi connectivity index (χ3n) is 14.2. The maximum absolute atomic E-state index is 13.0. The van der Waals surface area contributed by atoms with Gasteiger partial charge in [0.1, 0.15) is 6.10 Å². The van der Waals surface area contributed by atoms with Crippen molar-refractivity contribution in [3.63, 3.8) is 0 Å². The van der Waals surface area contributed by atoms with Gasteiger partial charge in [0.05, 0.1) is 0 Å². The molecule has 0 radical (unpaired) electrons. The molecule has 1 unspecified atom stereocenters. The van der Waals surface area contributed by atoms with E-state index in [0.29, 0.717) is 37.8 Å². The van der Waals surface area contributed by atoms with E-state index in [1.54, 1.807) is 5.57 Å². The Bertz CT molecular complexity index is 1070. The van der Waals surface area contributed by atoms with Gasteiger partial charge < -0.3 is 21.1 Å². The number of nitrogens with two attached hydrogens (primary N) is 2. The second kappa shape index (κ2) is 22.5. The predicted octanol–water partition coefficient (Wildman–Crippen LogP) is 10.4. The summed E-state index contributed by atoms with van der Waals surface area (Å²) in [4.78, 5) is 28.0. The lowest BCUT2D eigenvalue weighted by molar-refractivity contribution is -0.151. The molecule has 0 spiro atoms. The SMILES string of the molecule is CC(C)CCCC(C)[C@H]1CC[C@H]2[C@@H]3CC=C4C[C@@H](OC(=O)CCCC(=O)N(CCCN)CCCCCCCCN)CC[C@]4(C)[C@H]3CC[C@]12C.Cl.Cl. The number of ether oxygens (including phenoxy) is 1. The van der Waals surface area contributed by atoms with Crippen molar-refractivity contribution in [1.82, 2.24) is 4.90 Å². The van der Waals surface area contributed by atoms with Gasteiger partial charge >= 0.3 is 5.97 Å². The van der Waals surface area contributed by atoms with Crippen LogP contribution in [0.5, 0.6) is 0 Å². The first kappa shape index (κ1) is 46.3. The predicted molar refractivity (Wildman–Crippen MR) is 218 cm³/mol. The van der Waals surface area contributed by atoms with Crippen molar-refractivity contribution in [2.24, 2.45) is 57.8 Å². The third kappa shape index (κ3) is 12.3. The maximum Gasteiger partial charge on any atom is 0.306 e. The van der Waals surface area contributed by atoms with E-state index in [1.165, 1.54) is 70.6 Å². The summed E-state index contributed by atoms with van der Waals surface area (Å²) in [5, 5.41) is 0. The van der Waals surface area contributed by atoms with Gasteiger partial charge in [0.15, 0.2) is 0 Å². The van der Waals surface area contributed by atoms with Gasteiger partial charge in [0.25, 0.3) is 0 Å². The van der Waals surface area contributed by atoms with Crippen LogP contribution >= 0.6 is 24.8 Å². The monoisotopic (exact) mass is 756 g/mol. The maximum atomic E-state index is 13.0. The lowest BCUT2D eigenvalue weighted by Gasteiger charge is -2.58. The molecular weight excluding hydrogens is 677 g/mol. The summed E-state index contributed by atoms with van der Waals surface area (Å²) in [6.07, 6.45) is 25.6. The van der Waals surface area contributed by atoms with Gasteiger partial charge in [-0.3, -0.25) is 9.59 Å². The van der Waals surface area contributed by atoms with E-state index in [-0.39, 0.29) is 48.2 Å². The fourth-order valence-corrected chi connectivity index (χ4v) is 11.3. The first-order valence-electron chi connectivity index (χ1n) is 21.1. The largest absolute Gasteiger partial charge is 0.462 e. The number of allylic oxidation sites excluding steroid dienone is 1. The summed E-state index contributed by atoms with van der Waals surface area (Å²) in [6, 6.07) is 0. The second-order valence-corrected chi connectivity index (χ2v) is 17.9. The van der Waals surface area contributed by atoms with Gasteiger partial charge in [0.2, 0.25) is 5.91 Å². The minimum Gasteiger partial charge on any atom is -0.462 e. The Hall–Kier alpha value is -0.820. The van der Waals surface area contributed by atoms with E-state index >= 15 is 0 Å². The average Bonchev–Trinajstić information content (AvgIpc) is 3.43. The van der Waals surface area contributed by atoms with Crippen LogP contribution in [0.4, 0.5) is 0 Å². The Morgan fingerprint density at radius 1 is 0.804 bits per heavy atom. The number of esters is 1. The lowest BCUT2D eigenvalue weighted by Crippen LogP contribution is -2.51. The normalized spacial score (nSPS) is 30.2. The molecule has 0 heterocycles. The van der Waals surface area contributed by atoms with Crippen LogP contribution in [0.3, 0.4) is 0 Å². The highest BCUT2D eigenvalue weighted by molar-refractivity contribution is 5.85. The van der Waals surface area contributed by atoms with Crippen LogP contribution in [-0.2, 0) is 14.3 Å². The number of rotatable bonds is 21. The van der Waals surface area contributed by atoms with E-state index in [0.717, 1.165) is 93.5 Å². The highest BCUT2D eigenvalue weighted by atomic mass is 35.5. The van der Waals surface area contributed by atoms with E-state index < -0.39 is 0 Å². The fraction of sp³-hybridized carbons (Fsp3) is 0.907. The summed E-state index contributed by atoms with van der Waals surface area (Å²) >= 11 is 0. The summed E-state index contributed by atoms with van der Waals surface area (Å²) in [5.41, 5.74) is 13.7. The molecule has 3 saturated carbocycles. The van der Waals surface area contributed by atoms with E-state index in [1.807, 2.05) is 4.90 Å². The number of fused-ring (bicyclic) bond motifs is 5. The molecule has 8 atom stereocenters. The molecule has 3 fully saturated rings. The first-order chi connectivity index (χ1) is 23.5. The van der Waals surface area contributed by atoms with E-state index in [2.05, 4.69) is 40.7 Å². The van der Waals surface area contributed by atoms with Gasteiger partial charge in [-0.25, -0.2) is 0 Å². The lowest BCUT2D eigenvalue weighted by atomic mass is 9.47. The first-order valence-corrected chi connectivity index (χ1v) is 21.1. The summed E-state index contributed by atoms with van der Waals surface area (Å²) in [7, 11) is 0. The van der Waals surface area contributed by atoms with Gasteiger partial charge in [-0.1, -0.05) is 91.2 Å². The van der Waals surface area contributed by atoms with Gasteiger partial charge in [-0.2, -0.15) is 0 Å². The Balaban J connectivity index is 0.00000451. The molecular formula is C43H79Cl2N3O3. The van der Waals surface area contributed by atoms with Crippen LogP contribution in [0.1, 0.15) is 169 Å². The Labute approximate surface area is 326 Å². The van der Waals surface area contributed by atoms with E-state index in [9.17, 15) is 9.59 Å². The van der Waals surface area contributed by atoms with Crippen molar-refractivity contribution < 1.29 is 14.3 Å². The molecule has 0 bridgehead atoms. The molecule has 4 N–H and O–H groups in total. The number of halogens is 2. The average molecular weight is 757 g/mol. The van der Waals surface area contributed by atoms with Gasteiger partial charge in [0, 0.05) is 32.4 Å². The molecule has 298 valence electrons. The summed E-state index contributed by atoms with van der Waals surface area (Å²) in [5.74, 6) is 5.05. The third-order valence-corrected chi connectivity index (χ3v) is 14.2. The van der Waals surface area contributed by atoms with Crippen molar-refractivity contribution in [1.29, 1.82) is 0 Å². The molecule has 1 amide bonds. The number of carbonyl (C=O) groups excluding carboxylic acids is 2. The molecule has 8 heteroatoms. The minimum absolute atomic E-state index is 0. The van der Waals surface area contributed by atoms with Crippen LogP contribution in [-0.4, -0.2) is 49.1 Å². The molecule has 0 saturated heterocycles. The van der Waals surface area contributed by atoms with Crippen molar-refractivity contribution in [3.05, 3.63) is 11.6 Å². The van der Waals surface area contributed by atoms with Crippen LogP contribution in [0.25, 0.3) is 0 Å². The second-order valence-electron chi connectivity index (χ2n) is 17.9. The van der Waals surface area contributed by atoms with Crippen molar-refractivity contribution >= 4 is 36.7 Å². The zero-order valence-corrected chi connectivity index (χ0v) is 35.1. The molecule has 4 aliphatic rings. The fourth-order valence-electron chi connectivity index (χ4n) is 11.3. The van der Waals surface area contributed by atoms with Crippen LogP contribution < -0.4 is 11.5 Å². The Kier molecular flexibility index (Phi) is 20.5. The van der Waals surface area contributed by atoms with Crippen LogP contribution in [0, 0.1) is 46.3 Å². The number of amides is 1. The standard InChI is InChI=1S/C43H77N3O3.2ClH/c1-32(2)15-12-16-33(3)37-21-22-38-36-20-19-34-31-35(23-25-42(34,4)39(36)24-26-43(37,38)5)49-41(48)18-13-17-40(47)46(30-14-28-45)29-11-9-7-6-8-10-27-44;;/h19,32-33,35-39H,6-18,20-31,44-45H2,1-5H3;2*1H/t33?,35-,36-,37+,38-,39-,42-,43+;;/m0../s1. The highest BCUT2D eigenvalue weighted by Crippen LogP contribution is 2.67. The molecule has 0 aliphatic heterocycles. The number of unbranched alkanes of at least 4 members (excludes halogenated alkanes) is 5. The van der Waals surface area contributed by atoms with Crippen molar-refractivity contribution in [3.8, 4) is 0 Å². The number of carbonyl (C=O) groups is 2. The smallest absolute Gasteiger partial charge is 0.306 e. The molecule has 6 nitrogen and oxygen atoms in total. The number of nitrogens with zero attached hydrogens (tertiary/aromatic N) is 1. The Morgan fingerprint density at radius 2 is 1.49 bits per heavy atom. The zero-order valence-electron chi connectivity index (χ0n) is 33.4. The molecule has 0 aromatic heterocycles. The van der Waals surface area contributed by atoms with Gasteiger partial charge in [-0.15, -0.1) is 24.8 Å². The zero-order chi connectivity index (χ0) is 35.4. The molecule has 51 heavy (non-hydrogen) atoms. The van der Waals surface area contributed by atoms with Crippen molar-refractivity contribution in [2.75, 3.05) is 26.2 Å². The number of hydrogen-bond donors (Lipinski definition) is 2. The van der Waals surface area contributed by atoms with Gasteiger partial charge in [-0.05, 0) is 130 Å². The number of hydrogen-bond acceptors (Lipinski definition) is 5. The molecule has 4 rings (SSSR count). The van der Waals surface area contributed by atoms with Crippen LogP contribution in [0.2, 0.25) is 0 Å². The molecule has 0 aromatic carbocycles. The van der Waals surface area contributed by atoms with Crippen LogP contribution in [0.15, 0.2) is 11.6 Å². The Morgan fingerprint density at radius 3 is 2.20 bits per heavy atom.